The third kappa shape index (κ3) is 6.94. The van der Waals surface area contributed by atoms with Crippen molar-refractivity contribution in [3.8, 4) is 11.4 Å². The maximum Gasteiger partial charge on any atom is 0.490 e. The van der Waals surface area contributed by atoms with Crippen molar-refractivity contribution in [1.29, 1.82) is 0 Å². The van der Waals surface area contributed by atoms with E-state index < -0.39 is 12.1 Å². The Bertz CT molecular complexity index is 1460. The maximum atomic E-state index is 13.7. The molecule has 5 N–H and O–H groups in total. The summed E-state index contributed by atoms with van der Waals surface area (Å²) in [6, 6.07) is 10.3. The minimum absolute atomic E-state index is 0.0542. The highest BCUT2D eigenvalue weighted by Gasteiger charge is 2.38. The maximum absolute atomic E-state index is 13.7. The number of hydrogen-bond acceptors (Lipinski definition) is 6. The molecule has 1 aliphatic heterocycles. The third-order valence-corrected chi connectivity index (χ3v) is 7.28. The standard InChI is InChI=1S/C27H32N6O.C2HF3O2/c1-16-12-17(2)31-23(16)14-22-21-9-6-19(26-30-11-10-25(29-3)32-26)13-24(21)33(27(22)34)15-18-4-7-20(28)8-5-18;3-2(4,5)1(6)7/h6,9-14,18,20,31H,4-5,7-8,15,28H2,1-3H3,(H,29,30,32);(H,6,7)/b22-14-;. The Labute approximate surface area is 235 Å². The van der Waals surface area contributed by atoms with Gasteiger partial charge in [0.05, 0.1) is 11.3 Å². The summed E-state index contributed by atoms with van der Waals surface area (Å²) in [6.45, 7) is 4.80. The van der Waals surface area contributed by atoms with Gasteiger partial charge in [0, 0.05) is 48.3 Å². The molecule has 0 saturated heterocycles. The molecule has 0 unspecified atom stereocenters. The Kier molecular flexibility index (Phi) is 8.81. The summed E-state index contributed by atoms with van der Waals surface area (Å²) >= 11 is 0. The molecule has 3 heterocycles. The number of aromatic nitrogens is 3. The van der Waals surface area contributed by atoms with Gasteiger partial charge in [-0.3, -0.25) is 4.79 Å². The zero-order valence-electron chi connectivity index (χ0n) is 23.0. The number of aromatic amines is 1. The van der Waals surface area contributed by atoms with Crippen LogP contribution in [0.25, 0.3) is 23.0 Å². The third-order valence-electron chi connectivity index (χ3n) is 7.28. The van der Waals surface area contributed by atoms with Crippen LogP contribution in [0.15, 0.2) is 36.5 Å². The largest absolute Gasteiger partial charge is 0.490 e. The number of nitrogens with one attached hydrogen (secondary N) is 2. The van der Waals surface area contributed by atoms with Crippen LogP contribution in [-0.2, 0) is 9.59 Å². The van der Waals surface area contributed by atoms with Gasteiger partial charge in [-0.1, -0.05) is 12.1 Å². The molecule has 5 rings (SSSR count). The number of amides is 1. The molecule has 0 radical (unpaired) electrons. The van der Waals surface area contributed by atoms with Crippen molar-refractivity contribution in [1.82, 2.24) is 15.0 Å². The van der Waals surface area contributed by atoms with Gasteiger partial charge in [-0.2, -0.15) is 13.2 Å². The van der Waals surface area contributed by atoms with E-state index in [1.54, 1.807) is 6.20 Å². The van der Waals surface area contributed by atoms with Crippen LogP contribution < -0.4 is 16.0 Å². The topological polar surface area (TPSA) is 137 Å². The summed E-state index contributed by atoms with van der Waals surface area (Å²) in [7, 11) is 1.84. The van der Waals surface area contributed by atoms with Gasteiger partial charge >= 0.3 is 12.1 Å². The van der Waals surface area contributed by atoms with Crippen LogP contribution in [0, 0.1) is 19.8 Å². The molecule has 3 aromatic rings. The first kappa shape index (κ1) is 29.8. The number of aryl methyl sites for hydroxylation is 2. The molecule has 41 heavy (non-hydrogen) atoms. The molecule has 2 aromatic heterocycles. The molecule has 1 fully saturated rings. The lowest BCUT2D eigenvalue weighted by Crippen LogP contribution is -2.36. The van der Waals surface area contributed by atoms with Crippen LogP contribution >= 0.6 is 0 Å². The van der Waals surface area contributed by atoms with Gasteiger partial charge in [-0.05, 0) is 75.3 Å². The van der Waals surface area contributed by atoms with Crippen molar-refractivity contribution in [3.05, 3.63) is 59.0 Å². The number of hydrogen-bond donors (Lipinski definition) is 4. The first-order chi connectivity index (χ1) is 19.4. The minimum atomic E-state index is -5.08. The smallest absolute Gasteiger partial charge is 0.475 e. The van der Waals surface area contributed by atoms with E-state index in [0.717, 1.165) is 70.8 Å². The molecule has 0 atom stereocenters. The molecule has 0 bridgehead atoms. The summed E-state index contributed by atoms with van der Waals surface area (Å²) in [6.07, 6.45) is 2.82. The lowest BCUT2D eigenvalue weighted by atomic mass is 9.86. The number of nitrogens with two attached hydrogens (primary N) is 1. The number of rotatable bonds is 5. The van der Waals surface area contributed by atoms with Crippen LogP contribution in [0.2, 0.25) is 0 Å². The molecule has 1 aliphatic carbocycles. The van der Waals surface area contributed by atoms with E-state index in [1.807, 2.05) is 43.1 Å². The highest BCUT2D eigenvalue weighted by atomic mass is 19.4. The number of carbonyl (C=O) groups is 2. The molecule has 12 heteroatoms. The minimum Gasteiger partial charge on any atom is -0.475 e. The van der Waals surface area contributed by atoms with Gasteiger partial charge in [-0.15, -0.1) is 0 Å². The van der Waals surface area contributed by atoms with Crippen LogP contribution in [0.3, 0.4) is 0 Å². The lowest BCUT2D eigenvalue weighted by molar-refractivity contribution is -0.192. The average molecular weight is 571 g/mol. The van der Waals surface area contributed by atoms with Crippen molar-refractivity contribution in [3.63, 3.8) is 0 Å². The quantitative estimate of drug-likeness (QED) is 0.311. The first-order valence-electron chi connectivity index (χ1n) is 13.3. The molecular formula is C29H33F3N6O3. The Hall–Kier alpha value is -4.19. The molecule has 218 valence electrons. The van der Waals surface area contributed by atoms with Gasteiger partial charge in [0.1, 0.15) is 5.82 Å². The Morgan fingerprint density at radius 3 is 2.46 bits per heavy atom. The van der Waals surface area contributed by atoms with E-state index in [1.165, 1.54) is 0 Å². The number of carboxylic acid groups (broad SMARTS) is 1. The number of fused-ring (bicyclic) bond motifs is 1. The van der Waals surface area contributed by atoms with Gasteiger partial charge in [-0.25, -0.2) is 14.8 Å². The number of nitrogens with zero attached hydrogens (tertiary/aromatic N) is 3. The van der Waals surface area contributed by atoms with Crippen molar-refractivity contribution >= 4 is 35.0 Å². The molecule has 1 aromatic carbocycles. The normalized spacial score (nSPS) is 19.5. The van der Waals surface area contributed by atoms with Crippen molar-refractivity contribution in [2.75, 3.05) is 23.8 Å². The Morgan fingerprint density at radius 2 is 1.88 bits per heavy atom. The molecule has 0 spiro atoms. The van der Waals surface area contributed by atoms with E-state index in [0.29, 0.717) is 18.3 Å². The fourth-order valence-electron chi connectivity index (χ4n) is 5.12. The Balaban J connectivity index is 0.000000493. The van der Waals surface area contributed by atoms with Crippen LogP contribution in [0.5, 0.6) is 0 Å². The predicted molar refractivity (Wildman–Crippen MR) is 151 cm³/mol. The number of anilines is 2. The SMILES string of the molecule is CNc1ccnc(-c2ccc3c(c2)N(CC2CCC(N)CC2)C(=O)/C3=C\c2[nH]c(C)cc2C)n1.O=C(O)C(F)(F)F. The highest BCUT2D eigenvalue weighted by molar-refractivity contribution is 6.36. The van der Waals surface area contributed by atoms with E-state index in [9.17, 15) is 18.0 Å². The second-order valence-electron chi connectivity index (χ2n) is 10.4. The second-order valence-corrected chi connectivity index (χ2v) is 10.4. The lowest BCUT2D eigenvalue weighted by Gasteiger charge is -2.30. The van der Waals surface area contributed by atoms with E-state index in [2.05, 4.69) is 39.3 Å². The summed E-state index contributed by atoms with van der Waals surface area (Å²) in [4.78, 5) is 37.0. The molecule has 9 nitrogen and oxygen atoms in total. The van der Waals surface area contributed by atoms with Crippen LogP contribution in [0.4, 0.5) is 24.7 Å². The summed E-state index contributed by atoms with van der Waals surface area (Å²) in [5.74, 6) is -0.849. The monoisotopic (exact) mass is 570 g/mol. The van der Waals surface area contributed by atoms with E-state index >= 15 is 0 Å². The van der Waals surface area contributed by atoms with Gasteiger partial charge in [0.15, 0.2) is 5.82 Å². The summed E-state index contributed by atoms with van der Waals surface area (Å²) in [5.41, 5.74) is 12.8. The molecule has 1 saturated carbocycles. The van der Waals surface area contributed by atoms with Crippen LogP contribution in [-0.4, -0.2) is 57.7 Å². The zero-order chi connectivity index (χ0) is 29.9. The number of benzene rings is 1. The van der Waals surface area contributed by atoms with Crippen molar-refractivity contribution in [2.24, 2.45) is 11.7 Å². The van der Waals surface area contributed by atoms with E-state index in [4.69, 9.17) is 15.6 Å². The van der Waals surface area contributed by atoms with Crippen LogP contribution in [0.1, 0.15) is 48.2 Å². The number of halogens is 3. The molecule has 2 aliphatic rings. The number of carbonyl (C=O) groups excluding carboxylic acids is 1. The molecular weight excluding hydrogens is 537 g/mol. The van der Waals surface area contributed by atoms with Gasteiger partial charge in [0.25, 0.3) is 5.91 Å². The average Bonchev–Trinajstić information content (AvgIpc) is 3.39. The summed E-state index contributed by atoms with van der Waals surface area (Å²) < 4.78 is 31.7. The number of alkyl halides is 3. The predicted octanol–water partition coefficient (Wildman–Crippen LogP) is 5.17. The van der Waals surface area contributed by atoms with E-state index in [-0.39, 0.29) is 11.9 Å². The van der Waals surface area contributed by atoms with Gasteiger partial charge in [0.2, 0.25) is 0 Å². The number of aliphatic carboxylic acids is 1. The van der Waals surface area contributed by atoms with Crippen molar-refractivity contribution < 1.29 is 27.9 Å². The van der Waals surface area contributed by atoms with Crippen molar-refractivity contribution in [2.45, 2.75) is 51.7 Å². The fourth-order valence-corrected chi connectivity index (χ4v) is 5.12. The zero-order valence-corrected chi connectivity index (χ0v) is 23.0. The molecule has 1 amide bonds. The Morgan fingerprint density at radius 1 is 1.20 bits per heavy atom. The second kappa shape index (κ2) is 12.1. The summed E-state index contributed by atoms with van der Waals surface area (Å²) in [5, 5.41) is 10.2. The van der Waals surface area contributed by atoms with Gasteiger partial charge < -0.3 is 26.0 Å². The number of H-pyrrole nitrogens is 1. The number of carboxylic acids is 1. The highest BCUT2D eigenvalue weighted by Crippen LogP contribution is 2.41. The first-order valence-corrected chi connectivity index (χ1v) is 13.3. The fraction of sp³-hybridized carbons (Fsp3) is 0.379.